The van der Waals surface area contributed by atoms with Crippen molar-refractivity contribution < 1.29 is 56.8 Å². The van der Waals surface area contributed by atoms with Gasteiger partial charge < -0.3 is 34.3 Å². The topological polar surface area (TPSA) is 186 Å². The highest BCUT2D eigenvalue weighted by molar-refractivity contribution is 7.85. The van der Waals surface area contributed by atoms with Crippen LogP contribution in [-0.2, 0) is 38.7 Å². The molecule has 12 nitrogen and oxygen atoms in total. The molecular weight excluding hydrogens is 837 g/mol. The first-order valence-electron chi connectivity index (χ1n) is 23.5. The van der Waals surface area contributed by atoms with Gasteiger partial charge in [-0.1, -0.05) is 155 Å². The lowest BCUT2D eigenvalue weighted by molar-refractivity contribution is -0.297. The Balaban J connectivity index is 2.43. The van der Waals surface area contributed by atoms with Crippen molar-refractivity contribution in [1.29, 1.82) is 0 Å². The molecular formula is C51H80O12S. The van der Waals surface area contributed by atoms with E-state index in [-0.39, 0.29) is 19.4 Å². The Bertz CT molecular complexity index is 1590. The summed E-state index contributed by atoms with van der Waals surface area (Å²) in [7, 11) is -4.62. The van der Waals surface area contributed by atoms with Gasteiger partial charge in [0.15, 0.2) is 12.4 Å². The Hall–Kier alpha value is -3.69. The summed E-state index contributed by atoms with van der Waals surface area (Å²) in [6, 6.07) is 0. The van der Waals surface area contributed by atoms with Gasteiger partial charge >= 0.3 is 11.9 Å². The van der Waals surface area contributed by atoms with Crippen LogP contribution in [0.4, 0.5) is 0 Å². The molecule has 4 N–H and O–H groups in total. The third-order valence-electron chi connectivity index (χ3n) is 9.91. The van der Waals surface area contributed by atoms with Gasteiger partial charge in [0.25, 0.3) is 10.1 Å². The van der Waals surface area contributed by atoms with E-state index in [9.17, 15) is 37.9 Å². The molecule has 3 unspecified atom stereocenters. The van der Waals surface area contributed by atoms with Gasteiger partial charge in [0, 0.05) is 12.8 Å². The van der Waals surface area contributed by atoms with Crippen LogP contribution in [0, 0.1) is 0 Å². The van der Waals surface area contributed by atoms with Gasteiger partial charge in [0.2, 0.25) is 0 Å². The first-order chi connectivity index (χ1) is 31.0. The van der Waals surface area contributed by atoms with Crippen LogP contribution >= 0.6 is 0 Å². The Kier molecular flexibility index (Phi) is 36.1. The predicted octanol–water partition coefficient (Wildman–Crippen LogP) is 10.0. The molecule has 1 aliphatic heterocycles. The van der Waals surface area contributed by atoms with E-state index in [0.717, 1.165) is 103 Å². The maximum absolute atomic E-state index is 12.8. The molecule has 0 saturated carbocycles. The van der Waals surface area contributed by atoms with Gasteiger partial charge in [-0.15, -0.1) is 0 Å². The highest BCUT2D eigenvalue weighted by Crippen LogP contribution is 2.24. The third kappa shape index (κ3) is 33.8. The van der Waals surface area contributed by atoms with Crippen molar-refractivity contribution >= 4 is 22.1 Å². The molecule has 362 valence electrons. The standard InChI is InChI=1S/C51H80O12S/c1-3-5-7-9-11-13-15-17-18-19-20-21-22-23-24-25-26-28-29-31-33-35-37-39-46(52)60-41-44(42-61-51-50(56)49(55)48(54)45(63-51)43-64(57,58)59)62-47(53)40-38-36-34-32-30-27-16-14-12-10-8-6-4-2/h5-8,10-14,16-18,20-21,23-24,26,28,44-45,48-51,54-56H,3-4,9,15,19,22,25,27,29-43H2,1-2H3,(H,57,58,59)/b7-5+,8-6+,12-10+,13-11+,16-14+,18-17+,21-20+,24-23+,28-26+/t44?,45-,48-,49?,50?,51+/m1/s1. The lowest BCUT2D eigenvalue weighted by atomic mass is 10.00. The van der Waals surface area contributed by atoms with Crippen LogP contribution in [-0.4, -0.2) is 96.0 Å². The lowest BCUT2D eigenvalue weighted by Crippen LogP contribution is -2.60. The molecule has 0 aromatic rings. The van der Waals surface area contributed by atoms with Crippen LogP contribution in [0.3, 0.4) is 0 Å². The van der Waals surface area contributed by atoms with E-state index >= 15 is 0 Å². The quantitative estimate of drug-likeness (QED) is 0.0152. The fourth-order valence-electron chi connectivity index (χ4n) is 6.33. The van der Waals surface area contributed by atoms with Crippen LogP contribution in [0.5, 0.6) is 0 Å². The van der Waals surface area contributed by atoms with Crippen molar-refractivity contribution in [1.82, 2.24) is 0 Å². The maximum Gasteiger partial charge on any atom is 0.306 e. The SMILES string of the molecule is CC/C=C/C=C/C=C/CCCCCCCC(=O)OC(COC(=O)CCCCCC/C=C/C/C=C/C/C=C/C/C=C/C/C=C/C/C=C/CC)CO[C@H]1O[C@H](CS(=O)(=O)O)[C@@H](O)C(O)C1O. The van der Waals surface area contributed by atoms with Gasteiger partial charge in [-0.25, -0.2) is 0 Å². The van der Waals surface area contributed by atoms with Crippen LogP contribution in [0.25, 0.3) is 0 Å². The van der Waals surface area contributed by atoms with E-state index in [1.54, 1.807) is 0 Å². The molecule has 64 heavy (non-hydrogen) atoms. The number of allylic oxidation sites excluding steroid dienone is 18. The number of unbranched alkanes of at least 4 members (excludes halogenated alkanes) is 9. The molecule has 0 amide bonds. The second kappa shape index (κ2) is 39.7. The summed E-state index contributed by atoms with van der Waals surface area (Å²) in [6.07, 6.45) is 45.6. The van der Waals surface area contributed by atoms with Gasteiger partial charge in [-0.2, -0.15) is 8.42 Å². The van der Waals surface area contributed by atoms with Crippen molar-refractivity contribution in [3.8, 4) is 0 Å². The molecule has 1 saturated heterocycles. The number of aliphatic hydroxyl groups is 3. The van der Waals surface area contributed by atoms with E-state index in [0.29, 0.717) is 12.8 Å². The number of carbonyl (C=O) groups is 2. The van der Waals surface area contributed by atoms with E-state index in [1.807, 2.05) is 24.3 Å². The van der Waals surface area contributed by atoms with Crippen LogP contribution < -0.4 is 0 Å². The summed E-state index contributed by atoms with van der Waals surface area (Å²) < 4.78 is 54.0. The molecule has 1 fully saturated rings. The number of hydrogen-bond donors (Lipinski definition) is 4. The van der Waals surface area contributed by atoms with Gasteiger partial charge in [-0.05, 0) is 83.5 Å². The first kappa shape index (κ1) is 58.3. The Morgan fingerprint density at radius 3 is 1.56 bits per heavy atom. The second-order valence-electron chi connectivity index (χ2n) is 15.7. The summed E-state index contributed by atoms with van der Waals surface area (Å²) in [5.41, 5.74) is 0. The summed E-state index contributed by atoms with van der Waals surface area (Å²) in [5, 5.41) is 30.9. The van der Waals surface area contributed by atoms with Crippen molar-refractivity contribution in [2.75, 3.05) is 19.0 Å². The van der Waals surface area contributed by atoms with Crippen LogP contribution in [0.15, 0.2) is 109 Å². The van der Waals surface area contributed by atoms with Crippen molar-refractivity contribution in [3.05, 3.63) is 109 Å². The molecule has 1 heterocycles. The van der Waals surface area contributed by atoms with Gasteiger partial charge in [0.1, 0.15) is 36.8 Å². The normalized spacial score (nSPS) is 20.6. The van der Waals surface area contributed by atoms with E-state index in [2.05, 4.69) is 98.9 Å². The van der Waals surface area contributed by atoms with Crippen molar-refractivity contribution in [2.24, 2.45) is 0 Å². The van der Waals surface area contributed by atoms with Crippen LogP contribution in [0.2, 0.25) is 0 Å². The molecule has 13 heteroatoms. The number of rotatable bonds is 37. The molecule has 0 spiro atoms. The Morgan fingerprint density at radius 2 is 1.02 bits per heavy atom. The Morgan fingerprint density at radius 1 is 0.547 bits per heavy atom. The summed E-state index contributed by atoms with van der Waals surface area (Å²) in [6.45, 7) is 3.45. The number of ether oxygens (including phenoxy) is 4. The summed E-state index contributed by atoms with van der Waals surface area (Å²) >= 11 is 0. The zero-order valence-corrected chi connectivity index (χ0v) is 39.4. The molecule has 0 aliphatic carbocycles. The minimum absolute atomic E-state index is 0.128. The van der Waals surface area contributed by atoms with Gasteiger partial charge in [0.05, 0.1) is 6.61 Å². The monoisotopic (exact) mass is 917 g/mol. The largest absolute Gasteiger partial charge is 0.462 e. The average molecular weight is 917 g/mol. The molecule has 0 radical (unpaired) electrons. The zero-order valence-electron chi connectivity index (χ0n) is 38.6. The molecule has 6 atom stereocenters. The van der Waals surface area contributed by atoms with Crippen molar-refractivity contribution in [2.45, 2.75) is 179 Å². The van der Waals surface area contributed by atoms with E-state index < -0.39 is 71.2 Å². The molecule has 0 aromatic heterocycles. The first-order valence-corrected chi connectivity index (χ1v) is 25.1. The minimum atomic E-state index is -4.62. The fourth-order valence-corrected chi connectivity index (χ4v) is 7.02. The predicted molar refractivity (Wildman–Crippen MR) is 256 cm³/mol. The lowest BCUT2D eigenvalue weighted by Gasteiger charge is -2.40. The smallest absolute Gasteiger partial charge is 0.306 e. The highest BCUT2D eigenvalue weighted by Gasteiger charge is 2.46. The summed E-state index contributed by atoms with van der Waals surface area (Å²) in [4.78, 5) is 25.4. The van der Waals surface area contributed by atoms with E-state index in [1.165, 1.54) is 0 Å². The maximum atomic E-state index is 12.8. The molecule has 0 bridgehead atoms. The van der Waals surface area contributed by atoms with Crippen LogP contribution in [0.1, 0.15) is 142 Å². The number of carbonyl (C=O) groups excluding carboxylic acids is 2. The number of esters is 2. The molecule has 0 aromatic carbocycles. The second-order valence-corrected chi connectivity index (χ2v) is 17.2. The number of hydrogen-bond acceptors (Lipinski definition) is 11. The third-order valence-corrected chi connectivity index (χ3v) is 10.7. The zero-order chi connectivity index (χ0) is 46.9. The van der Waals surface area contributed by atoms with Crippen molar-refractivity contribution in [3.63, 3.8) is 0 Å². The minimum Gasteiger partial charge on any atom is -0.462 e. The fraction of sp³-hybridized carbons (Fsp3) is 0.608. The molecule has 1 aliphatic rings. The number of aliphatic hydroxyl groups excluding tert-OH is 3. The molecule has 1 rings (SSSR count). The average Bonchev–Trinajstić information content (AvgIpc) is 3.26. The summed E-state index contributed by atoms with van der Waals surface area (Å²) in [5.74, 6) is -2.06. The van der Waals surface area contributed by atoms with E-state index in [4.69, 9.17) is 18.9 Å². The van der Waals surface area contributed by atoms with Gasteiger partial charge in [-0.3, -0.25) is 14.1 Å². The highest BCUT2D eigenvalue weighted by atomic mass is 32.2. The Labute approximate surface area is 385 Å².